The van der Waals surface area contributed by atoms with Crippen molar-refractivity contribution in [3.05, 3.63) is 110 Å². The fourth-order valence-corrected chi connectivity index (χ4v) is 7.77. The first-order valence-corrected chi connectivity index (χ1v) is 17.4. The average molecular weight is 738 g/mol. The van der Waals surface area contributed by atoms with Crippen molar-refractivity contribution in [2.24, 2.45) is 5.92 Å². The number of carbonyl (C=O) groups is 2. The molecule has 3 saturated heterocycles. The lowest BCUT2D eigenvalue weighted by molar-refractivity contribution is -0.904. The zero-order valence-corrected chi connectivity index (χ0v) is 30.0. The second kappa shape index (κ2) is 15.3. The summed E-state index contributed by atoms with van der Waals surface area (Å²) in [6.07, 6.45) is 3.89. The molecule has 268 valence electrons. The summed E-state index contributed by atoms with van der Waals surface area (Å²) in [6.45, 7) is 4.53. The molecular formula is C38H40Cl2N3O8+. The van der Waals surface area contributed by atoms with Gasteiger partial charge in [-0.05, 0) is 91.7 Å². The maximum Gasteiger partial charge on any atom is 0.414 e. The van der Waals surface area contributed by atoms with Gasteiger partial charge in [-0.3, -0.25) is 15.0 Å². The molecule has 0 aliphatic carbocycles. The first kappa shape index (κ1) is 36.1. The van der Waals surface area contributed by atoms with Crippen molar-refractivity contribution in [1.29, 1.82) is 0 Å². The average Bonchev–Trinajstić information content (AvgIpc) is 3.11. The highest BCUT2D eigenvalue weighted by atomic mass is 35.5. The number of hydrogen-bond acceptors (Lipinski definition) is 8. The monoisotopic (exact) mass is 736 g/mol. The number of carbonyl (C=O) groups excluding carboxylic acids is 1. The first-order valence-electron chi connectivity index (χ1n) is 16.6. The largest absolute Gasteiger partial charge is 0.508 e. The third-order valence-corrected chi connectivity index (χ3v) is 10.6. The van der Waals surface area contributed by atoms with Crippen molar-refractivity contribution in [2.75, 3.05) is 38.8 Å². The SMILES string of the molecule is COc1ccc([C@H](Cc2c(Cl)c[n+](O)cc2Cl)c2cc(CN(C(=O)O[C@H]3CN4CCC3CC4)c3cc(O)ccc3C)ccc2C(=O)O)cc1OC. The molecule has 3 aromatic carbocycles. The van der Waals surface area contributed by atoms with E-state index in [0.29, 0.717) is 46.0 Å². The lowest BCUT2D eigenvalue weighted by Crippen LogP contribution is -2.53. The number of anilines is 1. The molecule has 3 fully saturated rings. The number of carboxylic acids is 1. The molecule has 51 heavy (non-hydrogen) atoms. The molecule has 2 atom stereocenters. The fourth-order valence-electron chi connectivity index (χ4n) is 7.17. The minimum atomic E-state index is -1.15. The van der Waals surface area contributed by atoms with Gasteiger partial charge in [0.05, 0.1) is 32.0 Å². The van der Waals surface area contributed by atoms with Gasteiger partial charge in [-0.15, -0.1) is 0 Å². The number of aromatic hydroxyl groups is 1. The summed E-state index contributed by atoms with van der Waals surface area (Å²) in [5.41, 5.74) is 3.48. The maximum absolute atomic E-state index is 14.1. The number of ether oxygens (including phenoxy) is 3. The topological polar surface area (TPSA) is 133 Å². The number of aromatic carboxylic acids is 1. The number of phenolic OH excluding ortho intramolecular Hbond substituents is 1. The molecule has 1 amide bonds. The second-order valence-corrected chi connectivity index (χ2v) is 13.8. The highest BCUT2D eigenvalue weighted by Gasteiger charge is 2.38. The Morgan fingerprint density at radius 3 is 2.31 bits per heavy atom. The Morgan fingerprint density at radius 2 is 1.69 bits per heavy atom. The van der Waals surface area contributed by atoms with Gasteiger partial charge in [-0.2, -0.15) is 0 Å². The van der Waals surface area contributed by atoms with Crippen molar-refractivity contribution >= 4 is 41.0 Å². The Bertz CT molecular complexity index is 1930. The van der Waals surface area contributed by atoms with Crippen molar-refractivity contribution < 1.29 is 44.0 Å². The van der Waals surface area contributed by atoms with Gasteiger partial charge >= 0.3 is 12.1 Å². The Morgan fingerprint density at radius 1 is 0.980 bits per heavy atom. The molecule has 0 spiro atoms. The van der Waals surface area contributed by atoms with Crippen molar-refractivity contribution in [3.63, 3.8) is 0 Å². The number of nitrogens with zero attached hydrogens (tertiary/aromatic N) is 3. The predicted octanol–water partition coefficient (Wildman–Crippen LogP) is 6.86. The van der Waals surface area contributed by atoms with Gasteiger partial charge in [0.2, 0.25) is 12.4 Å². The van der Waals surface area contributed by atoms with Crippen LogP contribution < -0.4 is 19.1 Å². The number of pyridine rings is 1. The number of hydrogen-bond donors (Lipinski definition) is 3. The van der Waals surface area contributed by atoms with Crippen LogP contribution in [0.5, 0.6) is 17.2 Å². The molecule has 7 rings (SSSR count). The van der Waals surface area contributed by atoms with Gasteiger partial charge < -0.3 is 24.4 Å². The summed E-state index contributed by atoms with van der Waals surface area (Å²) in [7, 11) is 3.04. The van der Waals surface area contributed by atoms with Crippen LogP contribution in [0.4, 0.5) is 10.5 Å². The minimum Gasteiger partial charge on any atom is -0.508 e. The minimum absolute atomic E-state index is 0.00696. The lowest BCUT2D eigenvalue weighted by atomic mass is 9.82. The Kier molecular flexibility index (Phi) is 10.8. The van der Waals surface area contributed by atoms with E-state index in [0.717, 1.165) is 36.2 Å². The molecule has 1 aromatic heterocycles. The van der Waals surface area contributed by atoms with Crippen LogP contribution in [0.15, 0.2) is 67.0 Å². The number of halogens is 2. The van der Waals surface area contributed by atoms with Gasteiger partial charge in [-0.1, -0.05) is 47.5 Å². The van der Waals surface area contributed by atoms with Crippen LogP contribution >= 0.6 is 23.2 Å². The van der Waals surface area contributed by atoms with E-state index in [1.165, 1.54) is 43.6 Å². The summed E-state index contributed by atoms with van der Waals surface area (Å²) in [6, 6.07) is 15.1. The van der Waals surface area contributed by atoms with Gasteiger partial charge in [-0.25, -0.2) is 9.59 Å². The number of aromatic nitrogens is 1. The van der Waals surface area contributed by atoms with E-state index in [-0.39, 0.29) is 46.3 Å². The van der Waals surface area contributed by atoms with Gasteiger partial charge in [0.1, 0.15) is 21.9 Å². The number of amides is 1. The molecule has 2 bridgehead atoms. The molecule has 3 aliphatic heterocycles. The van der Waals surface area contributed by atoms with E-state index >= 15 is 0 Å². The third kappa shape index (κ3) is 7.80. The molecule has 3 aliphatic rings. The Hall–Kier alpha value is -4.71. The normalized spacial score (nSPS) is 18.6. The summed E-state index contributed by atoms with van der Waals surface area (Å²) < 4.78 is 18.0. The van der Waals surface area contributed by atoms with E-state index in [2.05, 4.69) is 4.90 Å². The number of benzene rings is 3. The number of rotatable bonds is 11. The number of piperidine rings is 3. The molecule has 4 heterocycles. The van der Waals surface area contributed by atoms with E-state index < -0.39 is 18.0 Å². The van der Waals surface area contributed by atoms with Crippen LogP contribution in [0.25, 0.3) is 0 Å². The highest BCUT2D eigenvalue weighted by Crippen LogP contribution is 2.40. The maximum atomic E-state index is 14.1. The van der Waals surface area contributed by atoms with E-state index in [4.69, 9.17) is 37.4 Å². The van der Waals surface area contributed by atoms with E-state index in [1.807, 2.05) is 13.0 Å². The standard InChI is InChI=1S/C38H39Cl2N3O8/c1-22-4-7-26(44)16-33(22)43(38(47)51-36-21-41-12-10-24(36)11-13-41)18-23-5-8-27(37(45)46)29(14-23)28(17-30-31(39)19-42(48)20-32(30)40)25-6-9-34(49-2)35(15-25)50-3/h4-9,14-16,19-20,24,28,36H,10-13,17-18,21H2,1-3H3,(H2-,44,45,46,48)/p+1/t28-,36-/m0/s1. The zero-order valence-electron chi connectivity index (χ0n) is 28.5. The number of carboxylic acid groups (broad SMARTS) is 1. The summed E-state index contributed by atoms with van der Waals surface area (Å²) in [5.74, 6) is -0.590. The predicted molar refractivity (Wildman–Crippen MR) is 191 cm³/mol. The summed E-state index contributed by atoms with van der Waals surface area (Å²) in [5, 5.41) is 31.3. The Balaban J connectivity index is 1.44. The van der Waals surface area contributed by atoms with Crippen LogP contribution in [-0.2, 0) is 17.7 Å². The fraction of sp³-hybridized carbons (Fsp3) is 0.342. The van der Waals surface area contributed by atoms with Gasteiger partial charge in [0.15, 0.2) is 11.5 Å². The van der Waals surface area contributed by atoms with Crippen molar-refractivity contribution in [2.45, 2.75) is 44.8 Å². The molecule has 0 radical (unpaired) electrons. The molecular weight excluding hydrogens is 697 g/mol. The van der Waals surface area contributed by atoms with Crippen LogP contribution in [-0.4, -0.2) is 72.3 Å². The Labute approximate surface area is 306 Å². The summed E-state index contributed by atoms with van der Waals surface area (Å²) in [4.78, 5) is 30.7. The molecule has 3 N–H and O–H groups in total. The van der Waals surface area contributed by atoms with E-state index in [9.17, 15) is 25.0 Å². The molecule has 4 aromatic rings. The van der Waals surface area contributed by atoms with Crippen LogP contribution in [0.2, 0.25) is 10.0 Å². The zero-order chi connectivity index (χ0) is 36.4. The van der Waals surface area contributed by atoms with Gasteiger partial charge in [0, 0.05) is 28.8 Å². The second-order valence-electron chi connectivity index (χ2n) is 13.0. The van der Waals surface area contributed by atoms with Crippen molar-refractivity contribution in [3.8, 4) is 17.2 Å². The number of phenols is 1. The quantitative estimate of drug-likeness (QED) is 0.112. The molecule has 13 heteroatoms. The van der Waals surface area contributed by atoms with Crippen LogP contribution in [0, 0.1) is 12.8 Å². The number of aryl methyl sites for hydroxylation is 1. The van der Waals surface area contributed by atoms with Crippen LogP contribution in [0.3, 0.4) is 0 Å². The number of methoxy groups -OCH3 is 2. The van der Waals surface area contributed by atoms with E-state index in [1.54, 1.807) is 36.4 Å². The summed E-state index contributed by atoms with van der Waals surface area (Å²) >= 11 is 13.2. The van der Waals surface area contributed by atoms with Gasteiger partial charge in [0.25, 0.3) is 0 Å². The third-order valence-electron chi connectivity index (χ3n) is 9.90. The highest BCUT2D eigenvalue weighted by molar-refractivity contribution is 6.35. The first-order chi connectivity index (χ1) is 24.4. The molecule has 0 saturated carbocycles. The smallest absolute Gasteiger partial charge is 0.414 e. The lowest BCUT2D eigenvalue weighted by Gasteiger charge is -2.44. The number of fused-ring (bicyclic) bond motifs is 3. The molecule has 11 nitrogen and oxygen atoms in total. The molecule has 0 unspecified atom stereocenters. The van der Waals surface area contributed by atoms with Crippen LogP contribution in [0.1, 0.15) is 56.9 Å². The van der Waals surface area contributed by atoms with Crippen molar-refractivity contribution in [1.82, 2.24) is 4.90 Å².